The number of amides is 1. The van der Waals surface area contributed by atoms with Crippen molar-refractivity contribution in [2.45, 2.75) is 6.42 Å². The Hall–Kier alpha value is -2.92. The van der Waals surface area contributed by atoms with E-state index >= 15 is 0 Å². The van der Waals surface area contributed by atoms with E-state index in [-0.39, 0.29) is 5.91 Å². The van der Waals surface area contributed by atoms with Crippen molar-refractivity contribution in [3.05, 3.63) is 71.4 Å². The van der Waals surface area contributed by atoms with Crippen LogP contribution in [0.5, 0.6) is 0 Å². The highest BCUT2D eigenvalue weighted by Gasteiger charge is 2.04. The van der Waals surface area contributed by atoms with Gasteiger partial charge in [-0.25, -0.2) is 4.98 Å². The van der Waals surface area contributed by atoms with E-state index in [1.807, 2.05) is 42.6 Å². The number of rotatable bonds is 5. The summed E-state index contributed by atoms with van der Waals surface area (Å²) in [5.74, 6) is -0.0981. The van der Waals surface area contributed by atoms with Crippen LogP contribution in [0, 0.1) is 0 Å². The Morgan fingerprint density at radius 3 is 2.92 bits per heavy atom. The number of nitrogens with one attached hydrogen (secondary N) is 2. The van der Waals surface area contributed by atoms with E-state index in [1.165, 1.54) is 10.9 Å². The Balaban J connectivity index is 1.34. The molecule has 0 aliphatic rings. The first-order valence-electron chi connectivity index (χ1n) is 8.16. The second kappa shape index (κ2) is 6.91. The number of aromatic nitrogens is 2. The number of hydrogen-bond donors (Lipinski definition) is 2. The van der Waals surface area contributed by atoms with E-state index in [0.717, 1.165) is 27.2 Å². The van der Waals surface area contributed by atoms with Gasteiger partial charge in [-0.15, -0.1) is 11.3 Å². The van der Waals surface area contributed by atoms with Crippen molar-refractivity contribution >= 4 is 44.4 Å². The van der Waals surface area contributed by atoms with Crippen LogP contribution in [0.4, 0.5) is 0 Å². The van der Waals surface area contributed by atoms with Crippen molar-refractivity contribution < 1.29 is 4.79 Å². The average Bonchev–Trinajstić information content (AvgIpc) is 3.24. The molecule has 4 aromatic rings. The fourth-order valence-corrected chi connectivity index (χ4v) is 3.70. The van der Waals surface area contributed by atoms with Gasteiger partial charge in [0.25, 0.3) is 0 Å². The van der Waals surface area contributed by atoms with E-state index in [9.17, 15) is 4.79 Å². The maximum Gasteiger partial charge on any atom is 0.244 e. The van der Waals surface area contributed by atoms with Crippen LogP contribution in [0.1, 0.15) is 10.6 Å². The number of para-hydroxylation sites is 2. The molecule has 0 saturated heterocycles. The molecule has 0 unspecified atom stereocenters. The van der Waals surface area contributed by atoms with Crippen molar-refractivity contribution in [2.24, 2.45) is 0 Å². The summed E-state index contributed by atoms with van der Waals surface area (Å²) < 4.78 is 1.13. The highest BCUT2D eigenvalue weighted by Crippen LogP contribution is 2.22. The monoisotopic (exact) mass is 347 g/mol. The van der Waals surface area contributed by atoms with Crippen molar-refractivity contribution in [2.75, 3.05) is 6.54 Å². The molecule has 4 nitrogen and oxygen atoms in total. The average molecular weight is 347 g/mol. The van der Waals surface area contributed by atoms with E-state index in [0.29, 0.717) is 6.54 Å². The number of nitrogens with zero attached hydrogens (tertiary/aromatic N) is 1. The first-order valence-corrected chi connectivity index (χ1v) is 8.98. The Kier molecular flexibility index (Phi) is 4.31. The summed E-state index contributed by atoms with van der Waals surface area (Å²) >= 11 is 1.58. The van der Waals surface area contributed by atoms with Gasteiger partial charge in [-0.05, 0) is 36.3 Å². The molecule has 124 valence electrons. The van der Waals surface area contributed by atoms with Crippen LogP contribution in [0.2, 0.25) is 0 Å². The number of benzene rings is 2. The molecule has 0 aliphatic heterocycles. The van der Waals surface area contributed by atoms with Crippen LogP contribution in [0.15, 0.2) is 60.8 Å². The fraction of sp³-hybridized carbons (Fsp3) is 0.100. The van der Waals surface area contributed by atoms with E-state index in [1.54, 1.807) is 23.5 Å². The van der Waals surface area contributed by atoms with Crippen LogP contribution in [-0.2, 0) is 11.2 Å². The zero-order chi connectivity index (χ0) is 17.1. The predicted molar refractivity (Wildman–Crippen MR) is 104 cm³/mol. The second-order valence-electron chi connectivity index (χ2n) is 5.75. The number of thiazole rings is 1. The normalized spacial score (nSPS) is 11.5. The zero-order valence-electron chi connectivity index (χ0n) is 13.5. The van der Waals surface area contributed by atoms with Crippen molar-refractivity contribution in [1.29, 1.82) is 0 Å². The van der Waals surface area contributed by atoms with E-state index in [2.05, 4.69) is 27.4 Å². The minimum atomic E-state index is -0.0981. The van der Waals surface area contributed by atoms with Crippen LogP contribution < -0.4 is 5.32 Å². The lowest BCUT2D eigenvalue weighted by Gasteiger charge is -2.01. The summed E-state index contributed by atoms with van der Waals surface area (Å²) in [4.78, 5) is 19.7. The predicted octanol–water partition coefficient (Wildman–Crippen LogP) is 4.15. The highest BCUT2D eigenvalue weighted by atomic mass is 32.1. The Morgan fingerprint density at radius 2 is 2.00 bits per heavy atom. The molecule has 2 heterocycles. The van der Waals surface area contributed by atoms with E-state index in [4.69, 9.17) is 0 Å². The van der Waals surface area contributed by atoms with Gasteiger partial charge in [0, 0.05) is 29.7 Å². The third-order valence-electron chi connectivity index (χ3n) is 4.06. The molecule has 1 amide bonds. The van der Waals surface area contributed by atoms with Gasteiger partial charge in [0.2, 0.25) is 5.91 Å². The van der Waals surface area contributed by atoms with Gasteiger partial charge in [-0.2, -0.15) is 0 Å². The summed E-state index contributed by atoms with van der Waals surface area (Å²) in [6, 6.07) is 16.2. The molecule has 0 saturated carbocycles. The summed E-state index contributed by atoms with van der Waals surface area (Å²) in [6.45, 7) is 0.602. The number of carbonyl (C=O) groups is 1. The van der Waals surface area contributed by atoms with Crippen molar-refractivity contribution in [3.63, 3.8) is 0 Å². The number of aromatic amines is 1. The third kappa shape index (κ3) is 3.46. The first-order chi connectivity index (χ1) is 12.3. The Morgan fingerprint density at radius 1 is 1.16 bits per heavy atom. The molecule has 5 heteroatoms. The molecule has 2 aromatic heterocycles. The topological polar surface area (TPSA) is 57.8 Å². The van der Waals surface area contributed by atoms with Gasteiger partial charge >= 0.3 is 0 Å². The molecular formula is C20H17N3OS. The SMILES string of the molecule is O=C(/C=C\c1nc2ccccc2s1)NCCc1c[nH]c2ccccc12. The second-order valence-corrected chi connectivity index (χ2v) is 6.82. The van der Waals surface area contributed by atoms with Crippen molar-refractivity contribution in [3.8, 4) is 0 Å². The maximum atomic E-state index is 12.0. The largest absolute Gasteiger partial charge is 0.361 e. The minimum Gasteiger partial charge on any atom is -0.361 e. The summed E-state index contributed by atoms with van der Waals surface area (Å²) in [5, 5.41) is 4.98. The molecule has 0 spiro atoms. The Labute approximate surface area is 149 Å². The van der Waals surface area contributed by atoms with Gasteiger partial charge in [0.05, 0.1) is 10.2 Å². The highest BCUT2D eigenvalue weighted by molar-refractivity contribution is 7.19. The molecule has 2 aromatic carbocycles. The maximum absolute atomic E-state index is 12.0. The fourth-order valence-electron chi connectivity index (χ4n) is 2.83. The smallest absolute Gasteiger partial charge is 0.244 e. The van der Waals surface area contributed by atoms with Crippen LogP contribution in [0.25, 0.3) is 27.2 Å². The lowest BCUT2D eigenvalue weighted by Crippen LogP contribution is -2.23. The molecule has 0 aliphatic carbocycles. The van der Waals surface area contributed by atoms with Gasteiger partial charge in [0.1, 0.15) is 5.01 Å². The molecule has 0 atom stereocenters. The quantitative estimate of drug-likeness (QED) is 0.533. The first kappa shape index (κ1) is 15.6. The van der Waals surface area contributed by atoms with Crippen LogP contribution in [0.3, 0.4) is 0 Å². The summed E-state index contributed by atoms with van der Waals surface area (Å²) in [5.41, 5.74) is 3.30. The molecule has 2 N–H and O–H groups in total. The van der Waals surface area contributed by atoms with Gasteiger partial charge < -0.3 is 10.3 Å². The van der Waals surface area contributed by atoms with Crippen LogP contribution in [-0.4, -0.2) is 22.4 Å². The zero-order valence-corrected chi connectivity index (χ0v) is 14.3. The number of H-pyrrole nitrogens is 1. The standard InChI is InChI=1S/C20H17N3OS/c24-19(9-10-20-23-17-7-3-4-8-18(17)25-20)21-12-11-14-13-22-16-6-2-1-5-15(14)16/h1-10,13,22H,11-12H2,(H,21,24)/b10-9-. The van der Waals surface area contributed by atoms with Crippen molar-refractivity contribution in [1.82, 2.24) is 15.3 Å². The number of fused-ring (bicyclic) bond motifs is 2. The molecule has 0 fully saturated rings. The minimum absolute atomic E-state index is 0.0981. The summed E-state index contributed by atoms with van der Waals surface area (Å²) in [7, 11) is 0. The van der Waals surface area contributed by atoms with Gasteiger partial charge in [0.15, 0.2) is 0 Å². The number of carbonyl (C=O) groups excluding carboxylic acids is 1. The lowest BCUT2D eigenvalue weighted by molar-refractivity contribution is -0.116. The molecule has 0 bridgehead atoms. The molecular weight excluding hydrogens is 330 g/mol. The van der Waals surface area contributed by atoms with E-state index < -0.39 is 0 Å². The molecule has 25 heavy (non-hydrogen) atoms. The van der Waals surface area contributed by atoms with Gasteiger partial charge in [-0.1, -0.05) is 30.3 Å². The summed E-state index contributed by atoms with van der Waals surface area (Å²) in [6.07, 6.45) is 6.12. The third-order valence-corrected chi connectivity index (χ3v) is 5.06. The molecule has 4 rings (SSSR count). The lowest BCUT2D eigenvalue weighted by atomic mass is 10.1. The van der Waals surface area contributed by atoms with Gasteiger partial charge in [-0.3, -0.25) is 4.79 Å². The van der Waals surface area contributed by atoms with Crippen LogP contribution >= 0.6 is 11.3 Å². The Bertz CT molecular complexity index is 1030. The molecule has 0 radical (unpaired) electrons. The number of hydrogen-bond acceptors (Lipinski definition) is 3.